The summed E-state index contributed by atoms with van der Waals surface area (Å²) >= 11 is 0. The number of aromatic carboxylic acids is 1. The van der Waals surface area contributed by atoms with Crippen LogP contribution in [0.2, 0.25) is 0 Å². The summed E-state index contributed by atoms with van der Waals surface area (Å²) in [7, 11) is 2.91. The van der Waals surface area contributed by atoms with Gasteiger partial charge >= 0.3 is 11.9 Å². The Kier molecular flexibility index (Phi) is 5.21. The monoisotopic (exact) mass is 328 g/mol. The molecule has 6 heteroatoms. The van der Waals surface area contributed by atoms with Crippen LogP contribution in [0.15, 0.2) is 42.5 Å². The molecule has 24 heavy (non-hydrogen) atoms. The van der Waals surface area contributed by atoms with Crippen LogP contribution in [0.1, 0.15) is 21.5 Å². The molecule has 124 valence electrons. The Hall–Kier alpha value is -3.28. The van der Waals surface area contributed by atoms with Crippen molar-refractivity contribution in [2.75, 3.05) is 14.2 Å². The normalized spacial score (nSPS) is 11.0. The van der Waals surface area contributed by atoms with Gasteiger partial charge in [0.2, 0.25) is 0 Å². The van der Waals surface area contributed by atoms with Gasteiger partial charge in [0.15, 0.2) is 0 Å². The van der Waals surface area contributed by atoms with Gasteiger partial charge in [-0.2, -0.15) is 0 Å². The highest BCUT2D eigenvalue weighted by atomic mass is 16.5. The number of methoxy groups -OCH3 is 2. The summed E-state index contributed by atoms with van der Waals surface area (Å²) in [6.07, 6.45) is 1.32. The molecule has 2 aromatic rings. The molecule has 0 fully saturated rings. The van der Waals surface area contributed by atoms with Gasteiger partial charge in [-0.05, 0) is 29.8 Å². The van der Waals surface area contributed by atoms with Crippen molar-refractivity contribution >= 4 is 23.6 Å². The molecule has 0 saturated carbocycles. The number of rotatable bonds is 6. The van der Waals surface area contributed by atoms with Crippen LogP contribution in [0.4, 0.5) is 0 Å². The molecule has 2 aromatic carbocycles. The fourth-order valence-corrected chi connectivity index (χ4v) is 2.25. The number of hydrogen-bond donors (Lipinski definition) is 2. The van der Waals surface area contributed by atoms with Crippen molar-refractivity contribution in [2.45, 2.75) is 0 Å². The third kappa shape index (κ3) is 3.55. The molecule has 0 amide bonds. The lowest BCUT2D eigenvalue weighted by Crippen LogP contribution is -2.04. The zero-order valence-corrected chi connectivity index (χ0v) is 13.1. The molecular formula is C18H16O6. The number of ether oxygens (including phenoxy) is 2. The first-order valence-corrected chi connectivity index (χ1v) is 6.97. The summed E-state index contributed by atoms with van der Waals surface area (Å²) in [5, 5.41) is 18.8. The fourth-order valence-electron chi connectivity index (χ4n) is 2.25. The molecule has 0 saturated heterocycles. The van der Waals surface area contributed by atoms with E-state index in [9.17, 15) is 19.8 Å². The van der Waals surface area contributed by atoms with Gasteiger partial charge in [-0.1, -0.05) is 18.2 Å². The smallest absolute Gasteiger partial charge is 0.336 e. The number of benzene rings is 2. The molecule has 0 atom stereocenters. The lowest BCUT2D eigenvalue weighted by Gasteiger charge is -2.11. The minimum atomic E-state index is -1.20. The summed E-state index contributed by atoms with van der Waals surface area (Å²) in [6, 6.07) is 10.9. The maximum absolute atomic E-state index is 11.7. The Labute approximate surface area is 138 Å². The number of carboxylic acids is 2. The topological polar surface area (TPSA) is 93.1 Å². The van der Waals surface area contributed by atoms with Gasteiger partial charge in [-0.25, -0.2) is 9.59 Å². The van der Waals surface area contributed by atoms with Crippen LogP contribution >= 0.6 is 0 Å². The van der Waals surface area contributed by atoms with Crippen LogP contribution in [-0.2, 0) is 4.79 Å². The number of carbonyl (C=O) groups is 2. The van der Waals surface area contributed by atoms with Crippen LogP contribution < -0.4 is 9.47 Å². The van der Waals surface area contributed by atoms with Gasteiger partial charge < -0.3 is 19.7 Å². The van der Waals surface area contributed by atoms with Crippen LogP contribution in [0.25, 0.3) is 11.6 Å². The summed E-state index contributed by atoms with van der Waals surface area (Å²) in [5.74, 6) is -1.49. The Morgan fingerprint density at radius 1 is 0.958 bits per heavy atom. The maximum Gasteiger partial charge on any atom is 0.336 e. The van der Waals surface area contributed by atoms with E-state index in [1.807, 2.05) is 0 Å². The van der Waals surface area contributed by atoms with E-state index in [0.717, 1.165) is 0 Å². The zero-order chi connectivity index (χ0) is 17.7. The molecule has 6 nitrogen and oxygen atoms in total. The van der Waals surface area contributed by atoms with E-state index in [2.05, 4.69) is 0 Å². The third-order valence-electron chi connectivity index (χ3n) is 3.42. The summed E-state index contributed by atoms with van der Waals surface area (Å²) < 4.78 is 10.3. The quantitative estimate of drug-likeness (QED) is 0.625. The first-order valence-electron chi connectivity index (χ1n) is 6.97. The van der Waals surface area contributed by atoms with E-state index < -0.39 is 11.9 Å². The minimum absolute atomic E-state index is 0.0173. The van der Waals surface area contributed by atoms with E-state index in [1.165, 1.54) is 26.4 Å². The standard InChI is InChI=1S/C18H16O6/c1-23-12-7-8-14(16(10-12)24-2)15(18(21)22)9-11-5-3-4-6-13(11)17(19)20/h3-10H,1-2H3,(H,19,20)(H,21,22)/b15-9-. The van der Waals surface area contributed by atoms with Crippen LogP contribution in [0.3, 0.4) is 0 Å². The Balaban J connectivity index is 2.64. The Bertz CT molecular complexity index is 807. The van der Waals surface area contributed by atoms with Gasteiger partial charge in [0.25, 0.3) is 0 Å². The van der Waals surface area contributed by atoms with Crippen LogP contribution in [0, 0.1) is 0 Å². The van der Waals surface area contributed by atoms with Crippen molar-refractivity contribution < 1.29 is 29.3 Å². The third-order valence-corrected chi connectivity index (χ3v) is 3.42. The van der Waals surface area contributed by atoms with Crippen molar-refractivity contribution in [3.05, 3.63) is 59.2 Å². The highest BCUT2D eigenvalue weighted by molar-refractivity contribution is 6.22. The molecule has 0 unspecified atom stereocenters. The molecule has 2 rings (SSSR count). The van der Waals surface area contributed by atoms with Crippen LogP contribution in [0.5, 0.6) is 11.5 Å². The largest absolute Gasteiger partial charge is 0.497 e. The predicted molar refractivity (Wildman–Crippen MR) is 88.5 cm³/mol. The van der Waals surface area contributed by atoms with Gasteiger partial charge in [0, 0.05) is 11.6 Å². The lowest BCUT2D eigenvalue weighted by molar-refractivity contribution is -0.130. The summed E-state index contributed by atoms with van der Waals surface area (Å²) in [5.41, 5.74) is 0.554. The summed E-state index contributed by atoms with van der Waals surface area (Å²) in [6.45, 7) is 0. The van der Waals surface area contributed by atoms with E-state index in [0.29, 0.717) is 22.6 Å². The average molecular weight is 328 g/mol. The molecule has 0 radical (unpaired) electrons. The van der Waals surface area contributed by atoms with Gasteiger partial charge in [-0.15, -0.1) is 0 Å². The molecule has 0 aliphatic heterocycles. The van der Waals surface area contributed by atoms with Gasteiger partial charge in [0.05, 0.1) is 25.4 Å². The lowest BCUT2D eigenvalue weighted by atomic mass is 9.99. The molecule has 0 spiro atoms. The van der Waals surface area contributed by atoms with Crippen molar-refractivity contribution in [1.29, 1.82) is 0 Å². The Morgan fingerprint density at radius 3 is 2.25 bits per heavy atom. The first kappa shape index (κ1) is 17.1. The van der Waals surface area contributed by atoms with Gasteiger partial charge in [-0.3, -0.25) is 0 Å². The van der Waals surface area contributed by atoms with Crippen molar-refractivity contribution in [3.8, 4) is 11.5 Å². The minimum Gasteiger partial charge on any atom is -0.497 e. The summed E-state index contributed by atoms with van der Waals surface area (Å²) in [4.78, 5) is 23.0. The molecule has 0 heterocycles. The SMILES string of the molecule is COc1ccc(/C(=C/c2ccccc2C(=O)O)C(=O)O)c(OC)c1. The highest BCUT2D eigenvalue weighted by Gasteiger charge is 2.18. The molecule has 0 aliphatic rings. The zero-order valence-electron chi connectivity index (χ0n) is 13.1. The second kappa shape index (κ2) is 7.32. The second-order valence-corrected chi connectivity index (χ2v) is 4.82. The molecular weight excluding hydrogens is 312 g/mol. The molecule has 0 aliphatic carbocycles. The molecule has 0 bridgehead atoms. The van der Waals surface area contributed by atoms with Crippen molar-refractivity contribution in [2.24, 2.45) is 0 Å². The van der Waals surface area contributed by atoms with E-state index in [4.69, 9.17) is 9.47 Å². The van der Waals surface area contributed by atoms with E-state index in [1.54, 1.807) is 36.4 Å². The molecule has 2 N–H and O–H groups in total. The Morgan fingerprint density at radius 2 is 1.67 bits per heavy atom. The van der Waals surface area contributed by atoms with E-state index in [-0.39, 0.29) is 11.1 Å². The number of aliphatic carboxylic acids is 1. The van der Waals surface area contributed by atoms with Gasteiger partial charge in [0.1, 0.15) is 11.5 Å². The fraction of sp³-hybridized carbons (Fsp3) is 0.111. The van der Waals surface area contributed by atoms with Crippen molar-refractivity contribution in [3.63, 3.8) is 0 Å². The first-order chi connectivity index (χ1) is 11.5. The second-order valence-electron chi connectivity index (χ2n) is 4.82. The predicted octanol–water partition coefficient (Wildman–Crippen LogP) is 3.03. The van der Waals surface area contributed by atoms with Crippen molar-refractivity contribution in [1.82, 2.24) is 0 Å². The number of hydrogen-bond acceptors (Lipinski definition) is 4. The molecule has 0 aromatic heterocycles. The van der Waals surface area contributed by atoms with E-state index >= 15 is 0 Å². The number of carboxylic acid groups (broad SMARTS) is 2. The van der Waals surface area contributed by atoms with Crippen LogP contribution in [-0.4, -0.2) is 36.4 Å². The maximum atomic E-state index is 11.7. The highest BCUT2D eigenvalue weighted by Crippen LogP contribution is 2.32. The average Bonchev–Trinajstić information content (AvgIpc) is 2.59.